The second-order valence-electron chi connectivity index (χ2n) is 8.15. The lowest BCUT2D eigenvalue weighted by Gasteiger charge is -2.37. The molecule has 1 atom stereocenters. The predicted molar refractivity (Wildman–Crippen MR) is 109 cm³/mol. The van der Waals surface area contributed by atoms with Crippen molar-refractivity contribution in [2.45, 2.75) is 52.1 Å². The Labute approximate surface area is 162 Å². The van der Waals surface area contributed by atoms with Gasteiger partial charge in [-0.15, -0.1) is 0 Å². The van der Waals surface area contributed by atoms with Crippen molar-refractivity contribution in [3.63, 3.8) is 0 Å². The van der Waals surface area contributed by atoms with Crippen LogP contribution in [0.15, 0.2) is 36.4 Å². The first-order chi connectivity index (χ1) is 13.1. The van der Waals surface area contributed by atoms with Crippen LogP contribution in [-0.4, -0.2) is 52.5 Å². The normalized spacial score (nSPS) is 21.0. The number of hydrogen-bond donors (Lipinski definition) is 0. The summed E-state index contributed by atoms with van der Waals surface area (Å²) in [6.45, 7) is 9.21. The first-order valence-corrected chi connectivity index (χ1v) is 10.4. The smallest absolute Gasteiger partial charge is 0.255 e. The van der Waals surface area contributed by atoms with E-state index in [2.05, 4.69) is 58.5 Å². The average Bonchev–Trinajstić information content (AvgIpc) is 3.33. The van der Waals surface area contributed by atoms with Gasteiger partial charge in [-0.1, -0.05) is 30.3 Å². The van der Waals surface area contributed by atoms with E-state index in [9.17, 15) is 4.79 Å². The molecule has 0 N–H and O–H groups in total. The number of carbonyl (C=O) groups is 1. The van der Waals surface area contributed by atoms with E-state index >= 15 is 0 Å². The van der Waals surface area contributed by atoms with Gasteiger partial charge in [0.05, 0.1) is 5.56 Å². The maximum atomic E-state index is 13.3. The molecule has 0 aliphatic carbocycles. The number of carbonyl (C=O) groups excluding carboxylic acids is 1. The summed E-state index contributed by atoms with van der Waals surface area (Å²) in [7, 11) is 0. The minimum atomic E-state index is 0.214. The van der Waals surface area contributed by atoms with E-state index in [-0.39, 0.29) is 5.91 Å². The number of aromatic nitrogens is 1. The fourth-order valence-electron chi connectivity index (χ4n) is 4.74. The summed E-state index contributed by atoms with van der Waals surface area (Å²) in [6.07, 6.45) is 4.97. The van der Waals surface area contributed by atoms with Crippen LogP contribution >= 0.6 is 0 Å². The molecule has 4 rings (SSSR count). The Hall–Kier alpha value is -2.07. The second-order valence-corrected chi connectivity index (χ2v) is 8.15. The van der Waals surface area contributed by atoms with Crippen molar-refractivity contribution in [2.75, 3.05) is 26.2 Å². The maximum Gasteiger partial charge on any atom is 0.255 e. The topological polar surface area (TPSA) is 28.5 Å². The molecular formula is C23H31N3O. The second kappa shape index (κ2) is 7.89. The largest absolute Gasteiger partial charge is 0.344 e. The number of rotatable bonds is 4. The third kappa shape index (κ3) is 3.81. The van der Waals surface area contributed by atoms with Gasteiger partial charge in [0, 0.05) is 37.1 Å². The predicted octanol–water partition coefficient (Wildman–Crippen LogP) is 3.85. The van der Waals surface area contributed by atoms with Gasteiger partial charge < -0.3 is 9.47 Å². The molecule has 2 aliphatic rings. The Kier molecular flexibility index (Phi) is 5.35. The highest BCUT2D eigenvalue weighted by Gasteiger charge is 2.30. The van der Waals surface area contributed by atoms with Gasteiger partial charge in [-0.05, 0) is 64.3 Å². The summed E-state index contributed by atoms with van der Waals surface area (Å²) in [6, 6.07) is 13.1. The van der Waals surface area contributed by atoms with Gasteiger partial charge in [0.1, 0.15) is 0 Å². The molecule has 0 saturated carbocycles. The van der Waals surface area contributed by atoms with Crippen LogP contribution in [0.4, 0.5) is 0 Å². The van der Waals surface area contributed by atoms with E-state index in [4.69, 9.17) is 0 Å². The molecule has 1 aromatic carbocycles. The van der Waals surface area contributed by atoms with E-state index in [1.807, 2.05) is 6.07 Å². The van der Waals surface area contributed by atoms with Crippen LogP contribution in [0.3, 0.4) is 0 Å². The van der Waals surface area contributed by atoms with E-state index in [0.29, 0.717) is 6.04 Å². The van der Waals surface area contributed by atoms with Crippen LogP contribution < -0.4 is 0 Å². The van der Waals surface area contributed by atoms with Crippen molar-refractivity contribution in [2.24, 2.45) is 0 Å². The summed E-state index contributed by atoms with van der Waals surface area (Å²) in [4.78, 5) is 18.0. The van der Waals surface area contributed by atoms with Crippen LogP contribution in [-0.2, 0) is 6.54 Å². The lowest BCUT2D eigenvalue weighted by atomic mass is 10.0. The van der Waals surface area contributed by atoms with Crippen molar-refractivity contribution in [1.82, 2.24) is 14.4 Å². The van der Waals surface area contributed by atoms with Gasteiger partial charge in [0.2, 0.25) is 0 Å². The first kappa shape index (κ1) is 18.3. The van der Waals surface area contributed by atoms with Crippen LogP contribution in [0.25, 0.3) is 0 Å². The molecule has 3 heterocycles. The summed E-state index contributed by atoms with van der Waals surface area (Å²) < 4.78 is 2.27. The number of amides is 1. The lowest BCUT2D eigenvalue weighted by Crippen LogP contribution is -2.49. The molecule has 2 aliphatic heterocycles. The van der Waals surface area contributed by atoms with Crippen LogP contribution in [0.1, 0.15) is 53.0 Å². The van der Waals surface area contributed by atoms with E-state index in [1.165, 1.54) is 37.9 Å². The van der Waals surface area contributed by atoms with Crippen molar-refractivity contribution in [1.29, 1.82) is 0 Å². The molecule has 4 nitrogen and oxygen atoms in total. The molecule has 27 heavy (non-hydrogen) atoms. The zero-order chi connectivity index (χ0) is 18.8. The minimum Gasteiger partial charge on any atom is -0.344 e. The highest BCUT2D eigenvalue weighted by molar-refractivity contribution is 5.95. The molecule has 144 valence electrons. The monoisotopic (exact) mass is 365 g/mol. The first-order valence-electron chi connectivity index (χ1n) is 10.4. The Morgan fingerprint density at radius 1 is 1.04 bits per heavy atom. The molecule has 1 unspecified atom stereocenters. The molecule has 2 fully saturated rings. The third-order valence-electron chi connectivity index (χ3n) is 6.33. The fraction of sp³-hybridized carbons (Fsp3) is 0.522. The number of benzene rings is 1. The quantitative estimate of drug-likeness (QED) is 0.823. The molecule has 1 amide bonds. The molecule has 2 saturated heterocycles. The van der Waals surface area contributed by atoms with Gasteiger partial charge in [0.15, 0.2) is 0 Å². The number of hydrogen-bond acceptors (Lipinski definition) is 2. The number of nitrogens with zero attached hydrogens (tertiary/aromatic N) is 3. The standard InChI is InChI=1S/C23H31N3O/c1-18-15-22(19(2)26(18)16-20-9-4-3-5-10-20)23(27)25-14-8-11-21(17-25)24-12-6-7-13-24/h3-5,9-10,15,21H,6-8,11-14,16-17H2,1-2H3. The Morgan fingerprint density at radius 3 is 2.52 bits per heavy atom. The summed E-state index contributed by atoms with van der Waals surface area (Å²) in [5.41, 5.74) is 4.40. The van der Waals surface area contributed by atoms with Gasteiger partial charge in [0.25, 0.3) is 5.91 Å². The molecule has 0 radical (unpaired) electrons. The highest BCUT2D eigenvalue weighted by atomic mass is 16.2. The van der Waals surface area contributed by atoms with Crippen LogP contribution in [0, 0.1) is 13.8 Å². The summed E-state index contributed by atoms with van der Waals surface area (Å²) in [5.74, 6) is 0.214. The summed E-state index contributed by atoms with van der Waals surface area (Å²) >= 11 is 0. The van der Waals surface area contributed by atoms with E-state index < -0.39 is 0 Å². The minimum absolute atomic E-state index is 0.214. The highest BCUT2D eigenvalue weighted by Crippen LogP contribution is 2.24. The van der Waals surface area contributed by atoms with Gasteiger partial charge >= 0.3 is 0 Å². The molecule has 0 spiro atoms. The zero-order valence-electron chi connectivity index (χ0n) is 16.7. The van der Waals surface area contributed by atoms with Crippen LogP contribution in [0.5, 0.6) is 0 Å². The van der Waals surface area contributed by atoms with E-state index in [1.54, 1.807) is 0 Å². The third-order valence-corrected chi connectivity index (χ3v) is 6.33. The molecular weight excluding hydrogens is 334 g/mol. The molecule has 0 bridgehead atoms. The van der Waals surface area contributed by atoms with Crippen molar-refractivity contribution < 1.29 is 4.79 Å². The molecule has 2 aromatic rings. The fourth-order valence-corrected chi connectivity index (χ4v) is 4.74. The SMILES string of the molecule is Cc1cc(C(=O)N2CCCC(N3CCCC3)C2)c(C)n1Cc1ccccc1. The van der Waals surface area contributed by atoms with Gasteiger partial charge in [-0.2, -0.15) is 0 Å². The summed E-state index contributed by atoms with van der Waals surface area (Å²) in [5, 5.41) is 0. The number of aryl methyl sites for hydroxylation is 1. The molecule has 1 aromatic heterocycles. The van der Waals surface area contributed by atoms with Gasteiger partial charge in [-0.25, -0.2) is 0 Å². The lowest BCUT2D eigenvalue weighted by molar-refractivity contribution is 0.0607. The Morgan fingerprint density at radius 2 is 1.78 bits per heavy atom. The Bertz CT molecular complexity index is 789. The average molecular weight is 366 g/mol. The van der Waals surface area contributed by atoms with Crippen LogP contribution in [0.2, 0.25) is 0 Å². The zero-order valence-corrected chi connectivity index (χ0v) is 16.7. The van der Waals surface area contributed by atoms with Crippen molar-refractivity contribution >= 4 is 5.91 Å². The van der Waals surface area contributed by atoms with Gasteiger partial charge in [-0.3, -0.25) is 9.69 Å². The maximum absolute atomic E-state index is 13.3. The number of piperidine rings is 1. The molecule has 4 heteroatoms. The Balaban J connectivity index is 1.51. The van der Waals surface area contributed by atoms with Crippen molar-refractivity contribution in [3.05, 3.63) is 58.9 Å². The van der Waals surface area contributed by atoms with Crippen molar-refractivity contribution in [3.8, 4) is 0 Å². The van der Waals surface area contributed by atoms with E-state index in [0.717, 1.165) is 43.0 Å². The number of likely N-dealkylation sites (tertiary alicyclic amines) is 2.